The molecule has 1 amide bonds. The maximum absolute atomic E-state index is 10.8. The van der Waals surface area contributed by atoms with E-state index in [0.717, 1.165) is 6.92 Å². The molecule has 7 heteroatoms. The number of benzene rings is 1. The molecule has 0 heterocycles. The van der Waals surface area contributed by atoms with E-state index < -0.39 is 17.8 Å². The Morgan fingerprint density at radius 3 is 2.58 bits per heavy atom. The van der Waals surface area contributed by atoms with Crippen LogP contribution in [0.5, 0.6) is 11.5 Å². The summed E-state index contributed by atoms with van der Waals surface area (Å²) >= 11 is 0. The SMILES string of the molecule is COc1cc(C=O)ccc1OC(C)(O)C(O)C(N)=O. The number of aliphatic hydroxyl groups excluding tert-OH is 1. The van der Waals surface area contributed by atoms with Crippen LogP contribution >= 0.6 is 0 Å². The van der Waals surface area contributed by atoms with Crippen LogP contribution in [0, 0.1) is 0 Å². The molecule has 1 aromatic carbocycles. The number of amides is 1. The summed E-state index contributed by atoms with van der Waals surface area (Å²) < 4.78 is 10.1. The standard InChI is InChI=1S/C12H15NO6/c1-12(17,10(15)11(13)16)19-8-4-3-7(6-14)5-9(8)18-2/h3-6,10,15,17H,1-2H3,(H2,13,16). The van der Waals surface area contributed by atoms with Gasteiger partial charge >= 0.3 is 0 Å². The predicted octanol–water partition coefficient (Wildman–Crippen LogP) is -0.559. The molecule has 0 bridgehead atoms. The van der Waals surface area contributed by atoms with Crippen LogP contribution in [0.1, 0.15) is 17.3 Å². The Labute approximate surface area is 109 Å². The Morgan fingerprint density at radius 1 is 1.47 bits per heavy atom. The Kier molecular flexibility index (Phi) is 4.47. The van der Waals surface area contributed by atoms with Crippen molar-refractivity contribution in [3.8, 4) is 11.5 Å². The lowest BCUT2D eigenvalue weighted by Crippen LogP contribution is -2.51. The summed E-state index contributed by atoms with van der Waals surface area (Å²) in [5, 5.41) is 19.3. The normalized spacial score (nSPS) is 15.2. The van der Waals surface area contributed by atoms with Gasteiger partial charge in [0.05, 0.1) is 7.11 Å². The average molecular weight is 269 g/mol. The molecule has 0 radical (unpaired) electrons. The van der Waals surface area contributed by atoms with Gasteiger partial charge in [-0.15, -0.1) is 0 Å². The number of rotatable bonds is 6. The smallest absolute Gasteiger partial charge is 0.253 e. The van der Waals surface area contributed by atoms with Gasteiger partial charge in [-0.3, -0.25) is 9.59 Å². The first-order chi connectivity index (χ1) is 8.81. The third-order valence-electron chi connectivity index (χ3n) is 2.42. The second kappa shape index (κ2) is 5.68. The van der Waals surface area contributed by atoms with Gasteiger partial charge in [0, 0.05) is 12.5 Å². The number of hydrogen-bond acceptors (Lipinski definition) is 6. The third-order valence-corrected chi connectivity index (χ3v) is 2.42. The van der Waals surface area contributed by atoms with Gasteiger partial charge in [0.1, 0.15) is 6.29 Å². The van der Waals surface area contributed by atoms with Crippen LogP contribution in [0.15, 0.2) is 18.2 Å². The van der Waals surface area contributed by atoms with E-state index in [0.29, 0.717) is 11.8 Å². The predicted molar refractivity (Wildman–Crippen MR) is 64.8 cm³/mol. The molecular weight excluding hydrogens is 254 g/mol. The van der Waals surface area contributed by atoms with Crippen molar-refractivity contribution in [2.24, 2.45) is 5.73 Å². The first-order valence-corrected chi connectivity index (χ1v) is 5.33. The lowest BCUT2D eigenvalue weighted by Gasteiger charge is -2.28. The quantitative estimate of drug-likeness (QED) is 0.470. The summed E-state index contributed by atoms with van der Waals surface area (Å²) in [6.07, 6.45) is -1.30. The number of nitrogens with two attached hydrogens (primary N) is 1. The van der Waals surface area contributed by atoms with Crippen molar-refractivity contribution in [3.63, 3.8) is 0 Å². The van der Waals surface area contributed by atoms with Gasteiger partial charge in [-0.1, -0.05) is 0 Å². The number of aliphatic hydroxyl groups is 2. The fourth-order valence-electron chi connectivity index (χ4n) is 1.38. The van der Waals surface area contributed by atoms with Crippen molar-refractivity contribution in [1.82, 2.24) is 0 Å². The molecule has 2 atom stereocenters. The van der Waals surface area contributed by atoms with Crippen molar-refractivity contribution in [2.45, 2.75) is 18.8 Å². The Bertz CT molecular complexity index is 485. The topological polar surface area (TPSA) is 119 Å². The Balaban J connectivity index is 3.04. The maximum atomic E-state index is 10.8. The number of ether oxygens (including phenoxy) is 2. The van der Waals surface area contributed by atoms with Crippen molar-refractivity contribution in [1.29, 1.82) is 0 Å². The molecule has 1 aromatic rings. The lowest BCUT2D eigenvalue weighted by atomic mass is 10.1. The minimum Gasteiger partial charge on any atom is -0.493 e. The van der Waals surface area contributed by atoms with Gasteiger partial charge in [0.15, 0.2) is 17.6 Å². The summed E-state index contributed by atoms with van der Waals surface area (Å²) in [5.41, 5.74) is 5.23. The highest BCUT2D eigenvalue weighted by Gasteiger charge is 2.37. The molecule has 0 aromatic heterocycles. The summed E-state index contributed by atoms with van der Waals surface area (Å²) in [4.78, 5) is 21.5. The van der Waals surface area contributed by atoms with Gasteiger partial charge < -0.3 is 25.4 Å². The Hall–Kier alpha value is -2.12. The molecule has 0 fully saturated rings. The average Bonchev–Trinajstić information content (AvgIpc) is 2.37. The number of aldehydes is 1. The van der Waals surface area contributed by atoms with Gasteiger partial charge in [0.2, 0.25) is 5.79 Å². The number of carbonyl (C=O) groups excluding carboxylic acids is 2. The highest BCUT2D eigenvalue weighted by Crippen LogP contribution is 2.31. The van der Waals surface area contributed by atoms with Gasteiger partial charge in [-0.2, -0.15) is 0 Å². The Morgan fingerprint density at radius 2 is 2.11 bits per heavy atom. The van der Waals surface area contributed by atoms with E-state index >= 15 is 0 Å². The molecule has 1 rings (SSSR count). The lowest BCUT2D eigenvalue weighted by molar-refractivity contribution is -0.194. The summed E-state index contributed by atoms with van der Waals surface area (Å²) in [6, 6.07) is 4.18. The van der Waals surface area contributed by atoms with Crippen LogP contribution in [0.3, 0.4) is 0 Å². The second-order valence-electron chi connectivity index (χ2n) is 3.99. The zero-order valence-electron chi connectivity index (χ0n) is 10.5. The third kappa shape index (κ3) is 3.43. The maximum Gasteiger partial charge on any atom is 0.253 e. The van der Waals surface area contributed by atoms with E-state index in [1.54, 1.807) is 0 Å². The molecule has 19 heavy (non-hydrogen) atoms. The molecule has 7 nitrogen and oxygen atoms in total. The first kappa shape index (κ1) is 14.9. The number of hydrogen-bond donors (Lipinski definition) is 3. The molecule has 0 aliphatic rings. The summed E-state index contributed by atoms with van der Waals surface area (Å²) in [5.74, 6) is -3.13. The van der Waals surface area contributed by atoms with E-state index in [1.165, 1.54) is 25.3 Å². The van der Waals surface area contributed by atoms with Gasteiger partial charge in [-0.25, -0.2) is 0 Å². The van der Waals surface area contributed by atoms with Crippen molar-refractivity contribution < 1.29 is 29.3 Å². The van der Waals surface area contributed by atoms with Gasteiger partial charge in [0.25, 0.3) is 5.91 Å². The summed E-state index contributed by atoms with van der Waals surface area (Å²) in [7, 11) is 1.34. The molecule has 2 unspecified atom stereocenters. The minimum atomic E-state index is -2.22. The number of methoxy groups -OCH3 is 1. The van der Waals surface area contributed by atoms with E-state index in [4.69, 9.17) is 15.2 Å². The van der Waals surface area contributed by atoms with Crippen LogP contribution in [0.4, 0.5) is 0 Å². The largest absolute Gasteiger partial charge is 0.493 e. The fraction of sp³-hybridized carbons (Fsp3) is 0.333. The van der Waals surface area contributed by atoms with E-state index in [1.807, 2.05) is 0 Å². The van der Waals surface area contributed by atoms with E-state index in [2.05, 4.69) is 0 Å². The van der Waals surface area contributed by atoms with Crippen LogP contribution in [0.2, 0.25) is 0 Å². The molecule has 0 aliphatic carbocycles. The van der Waals surface area contributed by atoms with Crippen LogP contribution in [-0.4, -0.2) is 41.4 Å². The van der Waals surface area contributed by atoms with Crippen molar-refractivity contribution >= 4 is 12.2 Å². The molecule has 0 spiro atoms. The number of carbonyl (C=O) groups is 2. The molecule has 104 valence electrons. The molecule has 0 saturated heterocycles. The molecular formula is C12H15NO6. The highest BCUT2D eigenvalue weighted by atomic mass is 16.6. The molecule has 0 aliphatic heterocycles. The van der Waals surface area contributed by atoms with E-state index in [9.17, 15) is 19.8 Å². The van der Waals surface area contributed by atoms with Crippen LogP contribution < -0.4 is 15.2 Å². The number of primary amides is 1. The van der Waals surface area contributed by atoms with E-state index in [-0.39, 0.29) is 11.5 Å². The van der Waals surface area contributed by atoms with Crippen molar-refractivity contribution in [2.75, 3.05) is 7.11 Å². The highest BCUT2D eigenvalue weighted by molar-refractivity contribution is 5.79. The second-order valence-corrected chi connectivity index (χ2v) is 3.99. The molecule has 0 saturated carbocycles. The first-order valence-electron chi connectivity index (χ1n) is 5.33. The van der Waals surface area contributed by atoms with Crippen molar-refractivity contribution in [3.05, 3.63) is 23.8 Å². The van der Waals surface area contributed by atoms with Crippen LogP contribution in [-0.2, 0) is 4.79 Å². The summed E-state index contributed by atoms with van der Waals surface area (Å²) in [6.45, 7) is 1.08. The minimum absolute atomic E-state index is 0.0541. The zero-order chi connectivity index (χ0) is 14.6. The zero-order valence-corrected chi connectivity index (χ0v) is 10.5. The monoisotopic (exact) mass is 269 g/mol. The fourth-order valence-corrected chi connectivity index (χ4v) is 1.38. The van der Waals surface area contributed by atoms with Gasteiger partial charge in [-0.05, 0) is 18.2 Å². The van der Waals surface area contributed by atoms with Crippen LogP contribution in [0.25, 0.3) is 0 Å². The molecule has 4 N–H and O–H groups in total.